The molecule has 3 nitrogen and oxygen atoms in total. The van der Waals surface area contributed by atoms with Crippen LogP contribution >= 0.6 is 11.8 Å². The molecule has 3 rings (SSSR count). The van der Waals surface area contributed by atoms with Crippen molar-refractivity contribution >= 4 is 16.9 Å². The predicted molar refractivity (Wildman–Crippen MR) is 72.2 cm³/mol. The second kappa shape index (κ2) is 5.08. The van der Waals surface area contributed by atoms with Crippen molar-refractivity contribution in [3.8, 4) is 0 Å². The Kier molecular flexibility index (Phi) is 3.31. The smallest absolute Gasteiger partial charge is 0.159 e. The van der Waals surface area contributed by atoms with E-state index in [2.05, 4.69) is 27.0 Å². The lowest BCUT2D eigenvalue weighted by atomic mass is 10.2. The van der Waals surface area contributed by atoms with Crippen molar-refractivity contribution in [2.24, 2.45) is 4.99 Å². The SMILES string of the molecule is c1cc(CN(C2=NCCCS2)C2CC2)ccn1. The Morgan fingerprint density at radius 2 is 2.12 bits per heavy atom. The Bertz CT molecular complexity index is 400. The van der Waals surface area contributed by atoms with Gasteiger partial charge in [-0.2, -0.15) is 0 Å². The molecule has 0 radical (unpaired) electrons. The molecule has 17 heavy (non-hydrogen) atoms. The molecule has 4 heteroatoms. The first-order valence-electron chi connectivity index (χ1n) is 6.26. The van der Waals surface area contributed by atoms with Gasteiger partial charge >= 0.3 is 0 Å². The lowest BCUT2D eigenvalue weighted by molar-refractivity contribution is 0.409. The van der Waals surface area contributed by atoms with Gasteiger partial charge in [-0.15, -0.1) is 0 Å². The zero-order chi connectivity index (χ0) is 11.5. The van der Waals surface area contributed by atoms with Crippen molar-refractivity contribution in [1.82, 2.24) is 9.88 Å². The third-order valence-corrected chi connectivity index (χ3v) is 4.23. The van der Waals surface area contributed by atoms with Crippen molar-refractivity contribution in [3.05, 3.63) is 30.1 Å². The quantitative estimate of drug-likeness (QED) is 0.822. The molecular formula is C13H17N3S. The van der Waals surface area contributed by atoms with E-state index in [-0.39, 0.29) is 0 Å². The number of rotatable bonds is 3. The molecule has 0 bridgehead atoms. The maximum absolute atomic E-state index is 4.68. The maximum Gasteiger partial charge on any atom is 0.159 e. The summed E-state index contributed by atoms with van der Waals surface area (Å²) in [5.41, 5.74) is 1.33. The summed E-state index contributed by atoms with van der Waals surface area (Å²) in [6.07, 6.45) is 7.61. The molecule has 90 valence electrons. The van der Waals surface area contributed by atoms with E-state index >= 15 is 0 Å². The van der Waals surface area contributed by atoms with E-state index in [4.69, 9.17) is 0 Å². The molecule has 1 aliphatic carbocycles. The number of hydrogen-bond donors (Lipinski definition) is 0. The minimum atomic E-state index is 0.729. The largest absolute Gasteiger partial charge is 0.344 e. The summed E-state index contributed by atoms with van der Waals surface area (Å²) in [6, 6.07) is 4.93. The minimum Gasteiger partial charge on any atom is -0.344 e. The number of thioether (sulfide) groups is 1. The fraction of sp³-hybridized carbons (Fsp3) is 0.538. The molecule has 2 heterocycles. The third-order valence-electron chi connectivity index (χ3n) is 3.12. The molecular weight excluding hydrogens is 230 g/mol. The van der Waals surface area contributed by atoms with Crippen LogP contribution in [-0.4, -0.2) is 33.4 Å². The van der Waals surface area contributed by atoms with Gasteiger partial charge in [0.2, 0.25) is 0 Å². The van der Waals surface area contributed by atoms with Crippen molar-refractivity contribution < 1.29 is 0 Å². The molecule has 1 saturated carbocycles. The summed E-state index contributed by atoms with van der Waals surface area (Å²) in [7, 11) is 0. The molecule has 0 unspecified atom stereocenters. The molecule has 1 aliphatic heterocycles. The summed E-state index contributed by atoms with van der Waals surface area (Å²) in [5.74, 6) is 1.22. The van der Waals surface area contributed by atoms with E-state index in [0.29, 0.717) is 0 Å². The first-order valence-corrected chi connectivity index (χ1v) is 7.25. The summed E-state index contributed by atoms with van der Waals surface area (Å²) in [4.78, 5) is 11.2. The number of amidine groups is 1. The molecule has 0 spiro atoms. The van der Waals surface area contributed by atoms with E-state index in [0.717, 1.165) is 19.1 Å². The minimum absolute atomic E-state index is 0.729. The van der Waals surface area contributed by atoms with Gasteiger partial charge in [0.25, 0.3) is 0 Å². The van der Waals surface area contributed by atoms with Gasteiger partial charge in [-0.25, -0.2) is 0 Å². The number of aromatic nitrogens is 1. The summed E-state index contributed by atoms with van der Waals surface area (Å²) < 4.78 is 0. The second-order valence-corrected chi connectivity index (χ2v) is 5.64. The molecule has 1 aromatic rings. The van der Waals surface area contributed by atoms with Crippen LogP contribution in [0.4, 0.5) is 0 Å². The topological polar surface area (TPSA) is 28.5 Å². The standard InChI is InChI=1S/C13H17N3S/c1-6-15-13(17-9-1)16(12-2-3-12)10-11-4-7-14-8-5-11/h4-5,7-8,12H,1-3,6,9-10H2. The molecule has 2 aliphatic rings. The van der Waals surface area contributed by atoms with Crippen molar-refractivity contribution in [3.63, 3.8) is 0 Å². The average molecular weight is 247 g/mol. The lowest BCUT2D eigenvalue weighted by Crippen LogP contribution is -2.32. The lowest BCUT2D eigenvalue weighted by Gasteiger charge is -2.27. The molecule has 0 amide bonds. The molecule has 0 atom stereocenters. The average Bonchev–Trinajstić information content (AvgIpc) is 3.23. The number of aliphatic imine (C=N–C) groups is 1. The van der Waals surface area contributed by atoms with Gasteiger partial charge in [-0.05, 0) is 37.0 Å². The first-order chi connectivity index (χ1) is 8.43. The highest BCUT2D eigenvalue weighted by molar-refractivity contribution is 8.13. The maximum atomic E-state index is 4.68. The molecule has 0 aromatic carbocycles. The van der Waals surface area contributed by atoms with E-state index in [1.165, 1.54) is 35.7 Å². The van der Waals surface area contributed by atoms with Crippen LogP contribution in [0.3, 0.4) is 0 Å². The monoisotopic (exact) mass is 247 g/mol. The summed E-state index contributed by atoms with van der Waals surface area (Å²) in [6.45, 7) is 1.99. The van der Waals surface area contributed by atoms with E-state index in [1.54, 1.807) is 0 Å². The van der Waals surface area contributed by atoms with Crippen LogP contribution in [-0.2, 0) is 6.54 Å². The van der Waals surface area contributed by atoms with E-state index in [1.807, 2.05) is 24.2 Å². The van der Waals surface area contributed by atoms with Gasteiger partial charge in [-0.3, -0.25) is 9.98 Å². The molecule has 1 aromatic heterocycles. The van der Waals surface area contributed by atoms with Crippen molar-refractivity contribution in [1.29, 1.82) is 0 Å². The van der Waals surface area contributed by atoms with Crippen LogP contribution in [0.5, 0.6) is 0 Å². The van der Waals surface area contributed by atoms with Crippen LogP contribution < -0.4 is 0 Å². The zero-order valence-corrected chi connectivity index (χ0v) is 10.7. The molecule has 0 N–H and O–H groups in total. The van der Waals surface area contributed by atoms with E-state index in [9.17, 15) is 0 Å². The van der Waals surface area contributed by atoms with Gasteiger partial charge in [0.15, 0.2) is 5.17 Å². The van der Waals surface area contributed by atoms with Gasteiger partial charge in [0.05, 0.1) is 0 Å². The molecule has 1 fully saturated rings. The van der Waals surface area contributed by atoms with Crippen molar-refractivity contribution in [2.45, 2.75) is 31.8 Å². The second-order valence-electron chi connectivity index (χ2n) is 4.58. The van der Waals surface area contributed by atoms with Crippen LogP contribution in [0.2, 0.25) is 0 Å². The summed E-state index contributed by atoms with van der Waals surface area (Å²) >= 11 is 1.92. The van der Waals surface area contributed by atoms with Gasteiger partial charge in [0.1, 0.15) is 0 Å². The van der Waals surface area contributed by atoms with Crippen LogP contribution in [0, 0.1) is 0 Å². The normalized spacial score (nSPS) is 19.9. The number of hydrogen-bond acceptors (Lipinski definition) is 4. The van der Waals surface area contributed by atoms with Gasteiger partial charge in [0, 0.05) is 37.3 Å². The van der Waals surface area contributed by atoms with Gasteiger partial charge in [-0.1, -0.05) is 11.8 Å². The highest BCUT2D eigenvalue weighted by Gasteiger charge is 2.31. The Morgan fingerprint density at radius 3 is 2.76 bits per heavy atom. The Labute approximate surface area is 106 Å². The number of pyridine rings is 1. The first kappa shape index (κ1) is 11.1. The Hall–Kier alpha value is -1.03. The van der Waals surface area contributed by atoms with Crippen molar-refractivity contribution in [2.75, 3.05) is 12.3 Å². The zero-order valence-electron chi connectivity index (χ0n) is 9.88. The van der Waals surface area contributed by atoms with Gasteiger partial charge < -0.3 is 4.90 Å². The fourth-order valence-corrected chi connectivity index (χ4v) is 3.06. The number of nitrogens with zero attached hydrogens (tertiary/aromatic N) is 3. The Morgan fingerprint density at radius 1 is 1.29 bits per heavy atom. The van der Waals surface area contributed by atoms with Crippen LogP contribution in [0.25, 0.3) is 0 Å². The summed E-state index contributed by atoms with van der Waals surface area (Å²) in [5, 5.41) is 1.26. The highest BCUT2D eigenvalue weighted by atomic mass is 32.2. The van der Waals surface area contributed by atoms with Crippen LogP contribution in [0.15, 0.2) is 29.5 Å². The molecule has 0 saturated heterocycles. The third kappa shape index (κ3) is 2.80. The van der Waals surface area contributed by atoms with Crippen LogP contribution in [0.1, 0.15) is 24.8 Å². The highest BCUT2D eigenvalue weighted by Crippen LogP contribution is 2.32. The Balaban J connectivity index is 1.74. The fourth-order valence-electron chi connectivity index (χ4n) is 2.05. The van der Waals surface area contributed by atoms with E-state index < -0.39 is 0 Å². The predicted octanol–water partition coefficient (Wildman–Crippen LogP) is 2.54.